The highest BCUT2D eigenvalue weighted by Crippen LogP contribution is 2.21. The van der Waals surface area contributed by atoms with E-state index in [0.717, 1.165) is 15.7 Å². The van der Waals surface area contributed by atoms with E-state index >= 15 is 0 Å². The zero-order chi connectivity index (χ0) is 18.4. The lowest BCUT2D eigenvalue weighted by Crippen LogP contribution is -2.32. The smallest absolute Gasteiger partial charge is 0.238 e. The predicted molar refractivity (Wildman–Crippen MR) is 108 cm³/mol. The van der Waals surface area contributed by atoms with E-state index in [9.17, 15) is 4.79 Å². The number of amides is 1. The molecule has 1 amide bonds. The number of hydrogen-bond donors (Lipinski definition) is 0. The van der Waals surface area contributed by atoms with Crippen LogP contribution in [-0.4, -0.2) is 28.2 Å². The number of hydrogen-bond acceptors (Lipinski definition) is 5. The summed E-state index contributed by atoms with van der Waals surface area (Å²) in [6.45, 7) is 2.52. The summed E-state index contributed by atoms with van der Waals surface area (Å²) in [4.78, 5) is 22.9. The first-order valence-corrected chi connectivity index (χ1v) is 10.1. The van der Waals surface area contributed by atoms with Gasteiger partial charge in [0.15, 0.2) is 0 Å². The molecule has 2 heterocycles. The summed E-state index contributed by atoms with van der Waals surface area (Å²) in [6.07, 6.45) is 3.34. The fourth-order valence-electron chi connectivity index (χ4n) is 2.40. The number of benzene rings is 1. The van der Waals surface area contributed by atoms with Crippen LogP contribution in [0.2, 0.25) is 0 Å². The van der Waals surface area contributed by atoms with Gasteiger partial charge in [-0.2, -0.15) is 0 Å². The second-order valence-corrected chi connectivity index (χ2v) is 7.38. The summed E-state index contributed by atoms with van der Waals surface area (Å²) in [5.41, 5.74) is 1.77. The van der Waals surface area contributed by atoms with Crippen LogP contribution in [0.15, 0.2) is 63.8 Å². The molecule has 0 atom stereocenters. The molecule has 0 N–H and O–H groups in total. The first kappa shape index (κ1) is 18.7. The van der Waals surface area contributed by atoms with Crippen molar-refractivity contribution in [1.82, 2.24) is 9.97 Å². The first-order chi connectivity index (χ1) is 12.7. The van der Waals surface area contributed by atoms with Crippen LogP contribution < -0.4 is 4.90 Å². The predicted octanol–water partition coefficient (Wildman–Crippen LogP) is 4.79. The third-order valence-corrected chi connectivity index (χ3v) is 5.07. The average Bonchev–Trinajstić information content (AvgIpc) is 3.13. The topological polar surface area (TPSA) is 59.2 Å². The summed E-state index contributed by atoms with van der Waals surface area (Å²) in [5.74, 6) is 2.27. The molecule has 3 rings (SSSR count). The minimum Gasteiger partial charge on any atom is -0.444 e. The molecule has 0 saturated heterocycles. The van der Waals surface area contributed by atoms with E-state index in [1.165, 1.54) is 11.8 Å². The van der Waals surface area contributed by atoms with Crippen molar-refractivity contribution in [2.24, 2.45) is 0 Å². The Bertz CT molecular complexity index is 853. The lowest BCUT2D eigenvalue weighted by atomic mass is 10.2. The maximum atomic E-state index is 12.5. The minimum absolute atomic E-state index is 0.0269. The van der Waals surface area contributed by atoms with Crippen LogP contribution in [0.25, 0.3) is 11.5 Å². The van der Waals surface area contributed by atoms with E-state index in [1.54, 1.807) is 17.4 Å². The normalized spacial score (nSPS) is 10.7. The second kappa shape index (κ2) is 9.00. The Morgan fingerprint density at radius 2 is 2.04 bits per heavy atom. The van der Waals surface area contributed by atoms with Crippen molar-refractivity contribution in [1.29, 1.82) is 0 Å². The zero-order valence-electron chi connectivity index (χ0n) is 14.3. The van der Waals surface area contributed by atoms with Crippen molar-refractivity contribution in [3.63, 3.8) is 0 Å². The number of nitrogens with zero attached hydrogens (tertiary/aromatic N) is 3. The van der Waals surface area contributed by atoms with Gasteiger partial charge in [-0.25, -0.2) is 9.97 Å². The Labute approximate surface area is 165 Å². The molecule has 1 aromatic carbocycles. The third kappa shape index (κ3) is 4.74. The zero-order valence-corrected chi connectivity index (χ0v) is 16.7. The third-order valence-electron chi connectivity index (χ3n) is 3.65. The number of anilines is 1. The van der Waals surface area contributed by atoms with Gasteiger partial charge in [0.05, 0.1) is 11.4 Å². The molecule has 0 aliphatic carbocycles. The van der Waals surface area contributed by atoms with Gasteiger partial charge < -0.3 is 4.42 Å². The van der Waals surface area contributed by atoms with Crippen LogP contribution in [-0.2, 0) is 10.5 Å². The van der Waals surface area contributed by atoms with Gasteiger partial charge in [-0.3, -0.25) is 9.69 Å². The van der Waals surface area contributed by atoms with Gasteiger partial charge in [0.2, 0.25) is 11.8 Å². The molecule has 0 aliphatic heterocycles. The summed E-state index contributed by atoms with van der Waals surface area (Å²) in [7, 11) is 0. The highest BCUT2D eigenvalue weighted by Gasteiger charge is 2.15. The van der Waals surface area contributed by atoms with E-state index in [2.05, 4.69) is 25.9 Å². The van der Waals surface area contributed by atoms with Gasteiger partial charge >= 0.3 is 0 Å². The Hall–Kier alpha value is -2.12. The van der Waals surface area contributed by atoms with Gasteiger partial charge in [0.25, 0.3) is 0 Å². The monoisotopic (exact) mass is 431 g/mol. The van der Waals surface area contributed by atoms with E-state index in [1.807, 2.05) is 49.4 Å². The lowest BCUT2D eigenvalue weighted by Gasteiger charge is -2.19. The van der Waals surface area contributed by atoms with Gasteiger partial charge in [-0.15, -0.1) is 11.8 Å². The van der Waals surface area contributed by atoms with E-state index in [4.69, 9.17) is 4.42 Å². The van der Waals surface area contributed by atoms with Crippen molar-refractivity contribution < 1.29 is 9.21 Å². The molecular weight excluding hydrogens is 414 g/mol. The molecule has 0 fully saturated rings. The van der Waals surface area contributed by atoms with Crippen LogP contribution in [0.4, 0.5) is 5.82 Å². The fraction of sp³-hybridized carbons (Fsp3) is 0.211. The number of rotatable bonds is 7. The van der Waals surface area contributed by atoms with Crippen molar-refractivity contribution in [3.05, 3.63) is 65.1 Å². The van der Waals surface area contributed by atoms with Crippen LogP contribution >= 0.6 is 27.7 Å². The number of pyridine rings is 1. The lowest BCUT2D eigenvalue weighted by molar-refractivity contribution is -0.116. The molecule has 0 spiro atoms. The summed E-state index contributed by atoms with van der Waals surface area (Å²) >= 11 is 4.87. The molecule has 0 bridgehead atoms. The van der Waals surface area contributed by atoms with Gasteiger partial charge in [0.1, 0.15) is 12.1 Å². The van der Waals surface area contributed by atoms with Crippen molar-refractivity contribution in [2.75, 3.05) is 17.2 Å². The van der Waals surface area contributed by atoms with Crippen LogP contribution in [0.1, 0.15) is 12.6 Å². The molecule has 5 nitrogen and oxygen atoms in total. The molecule has 2 aromatic heterocycles. The van der Waals surface area contributed by atoms with Gasteiger partial charge in [-0.05, 0) is 47.1 Å². The standard InChI is InChI=1S/C19H18BrN3O2S/c1-2-23(17-9-8-15(20)10-21-17)18(24)13-26-12-16-11-25-19(22-16)14-6-4-3-5-7-14/h3-11H,2,12-13H2,1H3. The minimum atomic E-state index is 0.0269. The number of halogens is 1. The maximum Gasteiger partial charge on any atom is 0.238 e. The molecular formula is C19H18BrN3O2S. The summed E-state index contributed by atoms with van der Waals surface area (Å²) in [5, 5.41) is 0. The van der Waals surface area contributed by atoms with Crippen molar-refractivity contribution in [3.8, 4) is 11.5 Å². The molecule has 0 saturated carbocycles. The quantitative estimate of drug-likeness (QED) is 0.538. The highest BCUT2D eigenvalue weighted by atomic mass is 79.9. The molecule has 0 aliphatic rings. The van der Waals surface area contributed by atoms with Gasteiger partial charge in [-0.1, -0.05) is 18.2 Å². The maximum absolute atomic E-state index is 12.5. The van der Waals surface area contributed by atoms with E-state index in [-0.39, 0.29) is 5.91 Å². The molecule has 26 heavy (non-hydrogen) atoms. The van der Waals surface area contributed by atoms with Crippen molar-refractivity contribution in [2.45, 2.75) is 12.7 Å². The first-order valence-electron chi connectivity index (χ1n) is 8.17. The fourth-order valence-corrected chi connectivity index (χ4v) is 3.41. The Kier molecular flexibility index (Phi) is 6.46. The number of oxazole rings is 1. The van der Waals surface area contributed by atoms with Crippen molar-refractivity contribution >= 4 is 39.4 Å². The number of aromatic nitrogens is 2. The average molecular weight is 432 g/mol. The summed E-state index contributed by atoms with van der Waals surface area (Å²) in [6, 6.07) is 13.5. The Morgan fingerprint density at radius 1 is 1.23 bits per heavy atom. The van der Waals surface area contributed by atoms with E-state index in [0.29, 0.717) is 29.8 Å². The molecule has 3 aromatic rings. The number of carbonyl (C=O) groups excluding carboxylic acids is 1. The Balaban J connectivity index is 1.55. The Morgan fingerprint density at radius 3 is 2.73 bits per heavy atom. The molecule has 0 radical (unpaired) electrons. The molecule has 0 unspecified atom stereocenters. The van der Waals surface area contributed by atoms with Crippen LogP contribution in [0.5, 0.6) is 0 Å². The van der Waals surface area contributed by atoms with E-state index < -0.39 is 0 Å². The highest BCUT2D eigenvalue weighted by molar-refractivity contribution is 9.10. The SMILES string of the molecule is CCN(C(=O)CSCc1coc(-c2ccccc2)n1)c1ccc(Br)cn1. The van der Waals surface area contributed by atoms with Crippen LogP contribution in [0, 0.1) is 0 Å². The number of thioether (sulfide) groups is 1. The largest absolute Gasteiger partial charge is 0.444 e. The molecule has 134 valence electrons. The number of carbonyl (C=O) groups is 1. The van der Waals surface area contributed by atoms with Gasteiger partial charge in [0, 0.05) is 28.5 Å². The molecule has 7 heteroatoms. The second-order valence-electron chi connectivity index (χ2n) is 5.48. The summed E-state index contributed by atoms with van der Waals surface area (Å²) < 4.78 is 6.41. The van der Waals surface area contributed by atoms with Crippen LogP contribution in [0.3, 0.4) is 0 Å².